The first-order valence-corrected chi connectivity index (χ1v) is 5.16. The van der Waals surface area contributed by atoms with Crippen LogP contribution in [0.25, 0.3) is 0 Å². The Morgan fingerprint density at radius 3 is 2.07 bits per heavy atom. The van der Waals surface area contributed by atoms with Gasteiger partial charge in [0.25, 0.3) is 0 Å². The van der Waals surface area contributed by atoms with Crippen molar-refractivity contribution in [2.24, 2.45) is 5.73 Å². The van der Waals surface area contributed by atoms with Gasteiger partial charge in [-0.25, -0.2) is 4.79 Å². The maximum atomic E-state index is 10.7. The molecule has 1 aromatic rings. The van der Waals surface area contributed by atoms with Gasteiger partial charge in [-0.1, -0.05) is 26.0 Å². The molecule has 15 heavy (non-hydrogen) atoms. The molecule has 3 nitrogen and oxygen atoms in total. The minimum Gasteiger partial charge on any atom is -0.478 e. The van der Waals surface area contributed by atoms with Crippen molar-refractivity contribution < 1.29 is 9.90 Å². The summed E-state index contributed by atoms with van der Waals surface area (Å²) in [5.74, 6) is -0.905. The van der Waals surface area contributed by atoms with Crippen LogP contribution in [0.3, 0.4) is 0 Å². The molecule has 3 heteroatoms. The molecule has 0 bridgehead atoms. The number of carbonyl (C=O) groups is 1. The van der Waals surface area contributed by atoms with E-state index in [2.05, 4.69) is 0 Å². The zero-order valence-corrected chi connectivity index (χ0v) is 9.16. The van der Waals surface area contributed by atoms with Crippen LogP contribution in [0.2, 0.25) is 0 Å². The van der Waals surface area contributed by atoms with Crippen molar-refractivity contribution in [2.45, 2.75) is 32.2 Å². The Hall–Kier alpha value is -1.35. The van der Waals surface area contributed by atoms with Crippen molar-refractivity contribution in [1.82, 2.24) is 0 Å². The van der Waals surface area contributed by atoms with Gasteiger partial charge in [0, 0.05) is 5.54 Å². The molecule has 1 rings (SSSR count). The molecule has 3 N–H and O–H groups in total. The summed E-state index contributed by atoms with van der Waals surface area (Å²) < 4.78 is 0. The summed E-state index contributed by atoms with van der Waals surface area (Å²) in [7, 11) is 0. The smallest absolute Gasteiger partial charge is 0.335 e. The van der Waals surface area contributed by atoms with Crippen LogP contribution in [-0.4, -0.2) is 11.1 Å². The Bertz CT molecular complexity index is 339. The Labute approximate surface area is 89.9 Å². The molecule has 82 valence electrons. The van der Waals surface area contributed by atoms with E-state index in [0.29, 0.717) is 5.56 Å². The van der Waals surface area contributed by atoms with Crippen LogP contribution in [0.1, 0.15) is 42.6 Å². The first kappa shape index (κ1) is 11.7. The minimum atomic E-state index is -0.905. The van der Waals surface area contributed by atoms with E-state index in [9.17, 15) is 4.79 Å². The molecule has 0 aliphatic rings. The minimum absolute atomic E-state index is 0.299. The van der Waals surface area contributed by atoms with Crippen molar-refractivity contribution in [2.75, 3.05) is 0 Å². The third kappa shape index (κ3) is 2.36. The van der Waals surface area contributed by atoms with Crippen molar-refractivity contribution >= 4 is 5.97 Å². The number of hydrogen-bond acceptors (Lipinski definition) is 2. The Kier molecular flexibility index (Phi) is 3.48. The van der Waals surface area contributed by atoms with E-state index in [1.165, 1.54) is 0 Å². The lowest BCUT2D eigenvalue weighted by Crippen LogP contribution is -2.35. The average molecular weight is 207 g/mol. The van der Waals surface area contributed by atoms with Crippen molar-refractivity contribution in [3.8, 4) is 0 Å². The molecule has 0 fully saturated rings. The normalized spacial score (nSPS) is 11.4. The Balaban J connectivity index is 3.02. The highest BCUT2D eigenvalue weighted by Crippen LogP contribution is 2.25. The molecule has 0 heterocycles. The molecule has 1 aromatic carbocycles. The topological polar surface area (TPSA) is 63.3 Å². The van der Waals surface area contributed by atoms with Crippen LogP contribution in [0.15, 0.2) is 24.3 Å². The first-order valence-electron chi connectivity index (χ1n) is 5.16. The van der Waals surface area contributed by atoms with Crippen molar-refractivity contribution in [3.63, 3.8) is 0 Å². The number of carboxylic acid groups (broad SMARTS) is 1. The molecule has 0 saturated carbocycles. The largest absolute Gasteiger partial charge is 0.478 e. The predicted octanol–water partition coefficient (Wildman–Crippen LogP) is 2.36. The van der Waals surface area contributed by atoms with Crippen LogP contribution in [0.4, 0.5) is 0 Å². The van der Waals surface area contributed by atoms with Crippen LogP contribution in [-0.2, 0) is 5.54 Å². The summed E-state index contributed by atoms with van der Waals surface area (Å²) in [5, 5.41) is 8.76. The van der Waals surface area contributed by atoms with Gasteiger partial charge < -0.3 is 10.8 Å². The SMILES string of the molecule is CCC(N)(CC)c1ccc(C(=O)O)cc1. The Morgan fingerprint density at radius 2 is 1.73 bits per heavy atom. The van der Waals surface area contributed by atoms with Gasteiger partial charge in [0.2, 0.25) is 0 Å². The van der Waals surface area contributed by atoms with E-state index < -0.39 is 5.97 Å². The third-order valence-electron chi connectivity index (χ3n) is 2.97. The van der Waals surface area contributed by atoms with Gasteiger partial charge in [-0.2, -0.15) is 0 Å². The van der Waals surface area contributed by atoms with Crippen molar-refractivity contribution in [3.05, 3.63) is 35.4 Å². The molecular formula is C12H17NO2. The number of nitrogens with two attached hydrogens (primary N) is 1. The summed E-state index contributed by atoms with van der Waals surface area (Å²) >= 11 is 0. The number of hydrogen-bond donors (Lipinski definition) is 2. The fourth-order valence-corrected chi connectivity index (χ4v) is 1.60. The highest BCUT2D eigenvalue weighted by Gasteiger charge is 2.22. The Morgan fingerprint density at radius 1 is 1.27 bits per heavy atom. The highest BCUT2D eigenvalue weighted by atomic mass is 16.4. The summed E-state index contributed by atoms with van der Waals surface area (Å²) in [4.78, 5) is 10.7. The van der Waals surface area contributed by atoms with Crippen LogP contribution in [0.5, 0.6) is 0 Å². The number of rotatable bonds is 4. The molecule has 0 amide bonds. The fraction of sp³-hybridized carbons (Fsp3) is 0.417. The fourth-order valence-electron chi connectivity index (χ4n) is 1.60. The van der Waals surface area contributed by atoms with E-state index in [0.717, 1.165) is 18.4 Å². The second kappa shape index (κ2) is 4.45. The van der Waals surface area contributed by atoms with E-state index in [1.807, 2.05) is 13.8 Å². The molecular weight excluding hydrogens is 190 g/mol. The zero-order valence-electron chi connectivity index (χ0n) is 9.16. The van der Waals surface area contributed by atoms with Crippen molar-refractivity contribution in [1.29, 1.82) is 0 Å². The monoisotopic (exact) mass is 207 g/mol. The zero-order chi connectivity index (χ0) is 11.5. The van der Waals surface area contributed by atoms with E-state index >= 15 is 0 Å². The summed E-state index contributed by atoms with van der Waals surface area (Å²) in [6.07, 6.45) is 1.69. The van der Waals surface area contributed by atoms with Crippen LogP contribution < -0.4 is 5.73 Å². The average Bonchev–Trinajstić information content (AvgIpc) is 2.28. The first-order chi connectivity index (χ1) is 7.03. The highest BCUT2D eigenvalue weighted by molar-refractivity contribution is 5.87. The van der Waals surface area contributed by atoms with Gasteiger partial charge in [-0.05, 0) is 30.5 Å². The number of benzene rings is 1. The molecule has 0 spiro atoms. The maximum Gasteiger partial charge on any atom is 0.335 e. The molecule has 0 atom stereocenters. The molecule has 0 aromatic heterocycles. The van der Waals surface area contributed by atoms with Crippen LogP contribution in [0, 0.1) is 0 Å². The second-order valence-corrected chi connectivity index (χ2v) is 3.75. The summed E-state index contributed by atoms with van der Waals surface area (Å²) in [5.41, 5.74) is 7.16. The number of carboxylic acids is 1. The summed E-state index contributed by atoms with van der Waals surface area (Å²) in [6, 6.07) is 6.81. The van der Waals surface area contributed by atoms with Gasteiger partial charge in [-0.3, -0.25) is 0 Å². The van der Waals surface area contributed by atoms with Gasteiger partial charge in [0.1, 0.15) is 0 Å². The quantitative estimate of drug-likeness (QED) is 0.796. The predicted molar refractivity (Wildman–Crippen MR) is 59.8 cm³/mol. The maximum absolute atomic E-state index is 10.7. The van der Waals surface area contributed by atoms with E-state index in [4.69, 9.17) is 10.8 Å². The number of aromatic carboxylic acids is 1. The molecule has 0 saturated heterocycles. The molecule has 0 aliphatic carbocycles. The van der Waals surface area contributed by atoms with E-state index in [-0.39, 0.29) is 5.54 Å². The van der Waals surface area contributed by atoms with Gasteiger partial charge in [0.15, 0.2) is 0 Å². The van der Waals surface area contributed by atoms with Gasteiger partial charge in [0.05, 0.1) is 5.56 Å². The summed E-state index contributed by atoms with van der Waals surface area (Å²) in [6.45, 7) is 4.07. The third-order valence-corrected chi connectivity index (χ3v) is 2.97. The van der Waals surface area contributed by atoms with Crippen LogP contribution >= 0.6 is 0 Å². The van der Waals surface area contributed by atoms with Gasteiger partial charge >= 0.3 is 5.97 Å². The molecule has 0 radical (unpaired) electrons. The molecule has 0 aliphatic heterocycles. The lowest BCUT2D eigenvalue weighted by Gasteiger charge is -2.27. The lowest BCUT2D eigenvalue weighted by molar-refractivity contribution is 0.0697. The van der Waals surface area contributed by atoms with Gasteiger partial charge in [-0.15, -0.1) is 0 Å². The van der Waals surface area contributed by atoms with E-state index in [1.54, 1.807) is 24.3 Å². The standard InChI is InChI=1S/C12H17NO2/c1-3-12(13,4-2)10-7-5-9(6-8-10)11(14)15/h5-8H,3-4,13H2,1-2H3,(H,14,15). The lowest BCUT2D eigenvalue weighted by atomic mass is 9.85. The second-order valence-electron chi connectivity index (χ2n) is 3.75. The molecule has 0 unspecified atom stereocenters.